The molecule has 0 saturated heterocycles. The zero-order valence-corrected chi connectivity index (χ0v) is 9.66. The lowest BCUT2D eigenvalue weighted by Gasteiger charge is -2.13. The van der Waals surface area contributed by atoms with E-state index in [2.05, 4.69) is 8.71 Å². The Hall–Kier alpha value is -0.110. The van der Waals surface area contributed by atoms with Gasteiger partial charge in [0.05, 0.1) is 6.61 Å². The van der Waals surface area contributed by atoms with E-state index in [0.717, 1.165) is 6.66 Å². The monoisotopic (exact) mass is 270 g/mol. The van der Waals surface area contributed by atoms with Crippen LogP contribution >= 0.6 is 7.37 Å². The van der Waals surface area contributed by atoms with Gasteiger partial charge in [-0.15, -0.1) is 0 Å². The van der Waals surface area contributed by atoms with E-state index in [9.17, 15) is 26.2 Å². The van der Waals surface area contributed by atoms with Crippen molar-refractivity contribution in [2.24, 2.45) is 0 Å². The van der Waals surface area contributed by atoms with Crippen LogP contribution in [0.25, 0.3) is 0 Å². The van der Waals surface area contributed by atoms with Crippen LogP contribution in [0.5, 0.6) is 0 Å². The summed E-state index contributed by atoms with van der Waals surface area (Å²) in [6.07, 6.45) is -1.12. The van der Waals surface area contributed by atoms with Crippen molar-refractivity contribution < 1.29 is 34.9 Å². The summed E-state index contributed by atoms with van der Waals surface area (Å²) in [6.45, 7) is 2.44. The second-order valence-corrected chi connectivity index (χ2v) is 6.73. The maximum Gasteiger partial charge on any atom is 0.523 e. The third-order valence-corrected chi connectivity index (χ3v) is 3.70. The summed E-state index contributed by atoms with van der Waals surface area (Å²) >= 11 is 0. The van der Waals surface area contributed by atoms with Crippen LogP contribution in [0.3, 0.4) is 0 Å². The fourth-order valence-electron chi connectivity index (χ4n) is 0.542. The third-order valence-electron chi connectivity index (χ3n) is 1.13. The highest BCUT2D eigenvalue weighted by Crippen LogP contribution is 2.43. The third kappa shape index (κ3) is 4.96. The smallest absolute Gasteiger partial charge is 0.327 e. The van der Waals surface area contributed by atoms with Crippen LogP contribution in [0.2, 0.25) is 0 Å². The average molecular weight is 270 g/mol. The molecule has 1 atom stereocenters. The van der Waals surface area contributed by atoms with Gasteiger partial charge in [0.2, 0.25) is 7.37 Å². The predicted molar refractivity (Wildman–Crippen MR) is 46.1 cm³/mol. The summed E-state index contributed by atoms with van der Waals surface area (Å²) in [4.78, 5) is 0. The van der Waals surface area contributed by atoms with Crippen LogP contribution in [0.15, 0.2) is 0 Å². The molecule has 0 aromatic heterocycles. The maximum absolute atomic E-state index is 11.8. The Morgan fingerprint density at radius 2 is 1.80 bits per heavy atom. The number of hydrogen-bond acceptors (Lipinski definition) is 5. The largest absolute Gasteiger partial charge is 0.523 e. The van der Waals surface area contributed by atoms with Gasteiger partial charge in [-0.1, -0.05) is 0 Å². The standard InChI is InChI=1S/C5H10F3O5PS/c1-3-12-14(2,9)4-13-15(10,11)5(6,7)8/h3-4H2,1-2H3. The Balaban J connectivity index is 4.48. The van der Waals surface area contributed by atoms with Crippen molar-refractivity contribution in [3.8, 4) is 0 Å². The van der Waals surface area contributed by atoms with Crippen LogP contribution in [0, 0.1) is 0 Å². The fourth-order valence-corrected chi connectivity index (χ4v) is 2.62. The Bertz CT molecular complexity index is 348. The molecular weight excluding hydrogens is 260 g/mol. The van der Waals surface area contributed by atoms with E-state index in [1.165, 1.54) is 6.92 Å². The summed E-state index contributed by atoms with van der Waals surface area (Å²) in [5.41, 5.74) is -5.51. The molecule has 92 valence electrons. The first-order chi connectivity index (χ1) is 6.52. The first kappa shape index (κ1) is 14.9. The van der Waals surface area contributed by atoms with E-state index >= 15 is 0 Å². The van der Waals surface area contributed by atoms with Crippen LogP contribution in [-0.2, 0) is 23.4 Å². The topological polar surface area (TPSA) is 69.7 Å². The lowest BCUT2D eigenvalue weighted by Crippen LogP contribution is -2.26. The zero-order chi connectivity index (χ0) is 12.3. The summed E-state index contributed by atoms with van der Waals surface area (Å²) in [6, 6.07) is 0. The highest BCUT2D eigenvalue weighted by Gasteiger charge is 2.48. The second-order valence-electron chi connectivity index (χ2n) is 2.58. The number of rotatable bonds is 5. The normalized spacial score (nSPS) is 17.4. The van der Waals surface area contributed by atoms with Gasteiger partial charge in [-0.3, -0.25) is 8.75 Å². The molecular formula is C5H10F3O5PS. The summed E-state index contributed by atoms with van der Waals surface area (Å²) in [5.74, 6) is 0. The molecule has 0 radical (unpaired) electrons. The van der Waals surface area contributed by atoms with Crippen molar-refractivity contribution in [2.75, 3.05) is 19.6 Å². The molecule has 0 fully saturated rings. The van der Waals surface area contributed by atoms with Crippen molar-refractivity contribution in [1.29, 1.82) is 0 Å². The molecule has 0 aliphatic heterocycles. The zero-order valence-electron chi connectivity index (χ0n) is 7.94. The second kappa shape index (κ2) is 4.82. The Morgan fingerprint density at radius 1 is 1.33 bits per heavy atom. The number of halogens is 3. The number of alkyl halides is 3. The fraction of sp³-hybridized carbons (Fsp3) is 1.00. The molecule has 0 aliphatic rings. The van der Waals surface area contributed by atoms with Gasteiger partial charge in [0.1, 0.15) is 6.35 Å². The molecule has 0 rings (SSSR count). The lowest BCUT2D eigenvalue weighted by molar-refractivity contribution is -0.0532. The molecule has 0 bridgehead atoms. The molecule has 0 N–H and O–H groups in total. The molecule has 10 heteroatoms. The molecule has 15 heavy (non-hydrogen) atoms. The minimum Gasteiger partial charge on any atom is -0.327 e. The van der Waals surface area contributed by atoms with Gasteiger partial charge in [-0.25, -0.2) is 0 Å². The first-order valence-electron chi connectivity index (χ1n) is 3.68. The first-order valence-corrected chi connectivity index (χ1v) is 7.35. The molecule has 1 unspecified atom stereocenters. The van der Waals surface area contributed by atoms with Crippen molar-refractivity contribution in [2.45, 2.75) is 12.4 Å². The molecule has 0 saturated carbocycles. The SMILES string of the molecule is CCOP(C)(=O)COS(=O)(=O)C(F)(F)F. The Labute approximate surface area is 85.1 Å². The quantitative estimate of drug-likeness (QED) is 0.432. The van der Waals surface area contributed by atoms with Gasteiger partial charge < -0.3 is 4.52 Å². The molecule has 0 aromatic rings. The van der Waals surface area contributed by atoms with E-state index in [0.29, 0.717) is 0 Å². The summed E-state index contributed by atoms with van der Waals surface area (Å²) in [5, 5.41) is 0. The van der Waals surface area contributed by atoms with Gasteiger partial charge in [-0.2, -0.15) is 21.6 Å². The Morgan fingerprint density at radius 3 is 2.13 bits per heavy atom. The van der Waals surface area contributed by atoms with Gasteiger partial charge in [0.15, 0.2) is 0 Å². The summed E-state index contributed by atoms with van der Waals surface area (Å²) in [7, 11) is -9.16. The van der Waals surface area contributed by atoms with Gasteiger partial charge in [0, 0.05) is 6.66 Å². The van der Waals surface area contributed by atoms with Crippen LogP contribution in [0.4, 0.5) is 13.2 Å². The highest BCUT2D eigenvalue weighted by atomic mass is 32.2. The maximum atomic E-state index is 11.8. The van der Waals surface area contributed by atoms with Gasteiger partial charge in [0.25, 0.3) is 0 Å². The van der Waals surface area contributed by atoms with Crippen LogP contribution < -0.4 is 0 Å². The van der Waals surface area contributed by atoms with Crippen molar-refractivity contribution in [1.82, 2.24) is 0 Å². The van der Waals surface area contributed by atoms with Crippen LogP contribution in [-0.4, -0.2) is 33.5 Å². The average Bonchev–Trinajstić information content (AvgIpc) is 1.99. The molecule has 0 aromatic carbocycles. The van der Waals surface area contributed by atoms with E-state index in [-0.39, 0.29) is 6.61 Å². The molecule has 0 spiro atoms. The molecule has 5 nitrogen and oxygen atoms in total. The van der Waals surface area contributed by atoms with E-state index in [1.807, 2.05) is 0 Å². The Kier molecular flexibility index (Phi) is 4.78. The number of hydrogen-bond donors (Lipinski definition) is 0. The van der Waals surface area contributed by atoms with Gasteiger partial charge >= 0.3 is 15.6 Å². The molecule has 0 amide bonds. The van der Waals surface area contributed by atoms with E-state index in [4.69, 9.17) is 0 Å². The van der Waals surface area contributed by atoms with Crippen LogP contribution in [0.1, 0.15) is 6.92 Å². The highest BCUT2D eigenvalue weighted by molar-refractivity contribution is 7.87. The van der Waals surface area contributed by atoms with Gasteiger partial charge in [-0.05, 0) is 6.92 Å². The minimum atomic E-state index is -5.70. The van der Waals surface area contributed by atoms with Crippen molar-refractivity contribution >= 4 is 17.5 Å². The predicted octanol–water partition coefficient (Wildman–Crippen LogP) is 1.75. The molecule has 0 aliphatic carbocycles. The van der Waals surface area contributed by atoms with E-state index in [1.54, 1.807) is 0 Å². The summed E-state index contributed by atoms with van der Waals surface area (Å²) < 4.78 is 75.3. The van der Waals surface area contributed by atoms with Crippen molar-refractivity contribution in [3.05, 3.63) is 0 Å². The molecule has 0 heterocycles. The minimum absolute atomic E-state index is 0.0107. The van der Waals surface area contributed by atoms with Crippen molar-refractivity contribution in [3.63, 3.8) is 0 Å². The van der Waals surface area contributed by atoms with E-state index < -0.39 is 29.3 Å². The lowest BCUT2D eigenvalue weighted by atomic mass is 10.9.